The molecule has 0 aromatic rings. The van der Waals surface area contributed by atoms with Gasteiger partial charge in [-0.25, -0.2) is 0 Å². The Kier molecular flexibility index (Phi) is 5.20. The van der Waals surface area contributed by atoms with Gasteiger partial charge >= 0.3 is 0 Å². The summed E-state index contributed by atoms with van der Waals surface area (Å²) >= 11 is 0. The average Bonchev–Trinajstić information content (AvgIpc) is 3.00. The molecule has 1 N–H and O–H groups in total. The van der Waals surface area contributed by atoms with Gasteiger partial charge in [-0.05, 0) is 33.1 Å². The van der Waals surface area contributed by atoms with E-state index in [0.29, 0.717) is 23.6 Å². The first-order valence-corrected chi connectivity index (χ1v) is 8.92. The van der Waals surface area contributed by atoms with E-state index in [1.54, 1.807) is 0 Å². The fourth-order valence-electron chi connectivity index (χ4n) is 4.69. The predicted molar refractivity (Wildman–Crippen MR) is 84.6 cm³/mol. The van der Waals surface area contributed by atoms with Crippen molar-refractivity contribution in [1.82, 2.24) is 10.2 Å². The van der Waals surface area contributed by atoms with Crippen molar-refractivity contribution in [3.63, 3.8) is 0 Å². The monoisotopic (exact) mass is 296 g/mol. The van der Waals surface area contributed by atoms with E-state index >= 15 is 0 Å². The van der Waals surface area contributed by atoms with Gasteiger partial charge in [-0.3, -0.25) is 4.90 Å². The molecule has 21 heavy (non-hydrogen) atoms. The van der Waals surface area contributed by atoms with Crippen LogP contribution < -0.4 is 5.32 Å². The Labute approximate surface area is 129 Å². The molecule has 3 atom stereocenters. The van der Waals surface area contributed by atoms with Crippen LogP contribution in [-0.2, 0) is 9.47 Å². The average molecular weight is 296 g/mol. The molecule has 4 nitrogen and oxygen atoms in total. The maximum absolute atomic E-state index is 6.01. The van der Waals surface area contributed by atoms with Crippen LogP contribution in [0.5, 0.6) is 0 Å². The van der Waals surface area contributed by atoms with Crippen molar-refractivity contribution in [3.05, 3.63) is 0 Å². The van der Waals surface area contributed by atoms with Crippen molar-refractivity contribution in [3.8, 4) is 0 Å². The van der Waals surface area contributed by atoms with Crippen molar-refractivity contribution < 1.29 is 9.47 Å². The number of nitrogens with zero attached hydrogens (tertiary/aromatic N) is 1. The molecule has 1 spiro atoms. The molecule has 3 aliphatic rings. The summed E-state index contributed by atoms with van der Waals surface area (Å²) in [6.07, 6.45) is 7.22. The highest BCUT2D eigenvalue weighted by Crippen LogP contribution is 2.54. The smallest absolute Gasteiger partial charge is 0.0661 e. The first-order valence-electron chi connectivity index (χ1n) is 8.92. The highest BCUT2D eigenvalue weighted by Gasteiger charge is 2.56. The fraction of sp³-hybridized carbons (Fsp3) is 1.00. The van der Waals surface area contributed by atoms with Gasteiger partial charge in [-0.1, -0.05) is 12.8 Å². The maximum atomic E-state index is 6.01. The summed E-state index contributed by atoms with van der Waals surface area (Å²) in [6.45, 7) is 10.4. The van der Waals surface area contributed by atoms with E-state index in [0.717, 1.165) is 39.5 Å². The third-order valence-corrected chi connectivity index (χ3v) is 5.81. The molecule has 122 valence electrons. The van der Waals surface area contributed by atoms with Crippen molar-refractivity contribution >= 4 is 0 Å². The first kappa shape index (κ1) is 15.7. The second-order valence-electron chi connectivity index (χ2n) is 7.15. The summed E-state index contributed by atoms with van der Waals surface area (Å²) in [4.78, 5) is 2.53. The van der Waals surface area contributed by atoms with Crippen LogP contribution >= 0.6 is 0 Å². The number of rotatable bonds is 6. The minimum atomic E-state index is 0.454. The lowest BCUT2D eigenvalue weighted by molar-refractivity contribution is -0.132. The Balaban J connectivity index is 1.50. The Morgan fingerprint density at radius 2 is 2.00 bits per heavy atom. The van der Waals surface area contributed by atoms with Gasteiger partial charge in [-0.15, -0.1) is 0 Å². The van der Waals surface area contributed by atoms with Gasteiger partial charge in [0.15, 0.2) is 0 Å². The molecule has 0 bridgehead atoms. The lowest BCUT2D eigenvalue weighted by atomic mass is 9.60. The summed E-state index contributed by atoms with van der Waals surface area (Å²) in [6, 6.07) is 1.24. The second-order valence-corrected chi connectivity index (χ2v) is 7.15. The normalized spacial score (nSPS) is 34.0. The summed E-state index contributed by atoms with van der Waals surface area (Å²) in [5.41, 5.74) is 0.454. The van der Waals surface area contributed by atoms with E-state index in [1.807, 2.05) is 0 Å². The van der Waals surface area contributed by atoms with Gasteiger partial charge in [0.1, 0.15) is 0 Å². The van der Waals surface area contributed by atoms with Gasteiger partial charge in [0.2, 0.25) is 0 Å². The summed E-state index contributed by atoms with van der Waals surface area (Å²) in [7, 11) is 0. The van der Waals surface area contributed by atoms with Crippen LogP contribution in [0.15, 0.2) is 0 Å². The van der Waals surface area contributed by atoms with E-state index in [1.165, 1.54) is 32.1 Å². The zero-order valence-corrected chi connectivity index (χ0v) is 13.8. The Bertz CT molecular complexity index is 325. The van der Waals surface area contributed by atoms with Crippen LogP contribution in [-0.4, -0.2) is 62.5 Å². The SMILES string of the molecule is CCOC1CC(NC(C)CN2CCOCC2)C12CCCC2. The van der Waals surface area contributed by atoms with Crippen LogP contribution in [0, 0.1) is 5.41 Å². The standard InChI is InChI=1S/C17H32N2O2/c1-3-21-16-12-15(17(16)6-4-5-7-17)18-14(2)13-19-8-10-20-11-9-19/h14-16,18H,3-13H2,1-2H3. The maximum Gasteiger partial charge on any atom is 0.0661 e. The molecule has 0 radical (unpaired) electrons. The molecule has 0 amide bonds. The van der Waals surface area contributed by atoms with Gasteiger partial charge in [-0.2, -0.15) is 0 Å². The molecule has 3 unspecified atom stereocenters. The third-order valence-electron chi connectivity index (χ3n) is 5.81. The largest absolute Gasteiger partial charge is 0.379 e. The van der Waals surface area contributed by atoms with E-state index in [-0.39, 0.29) is 0 Å². The Hall–Kier alpha value is -0.160. The Morgan fingerprint density at radius 1 is 1.29 bits per heavy atom. The molecular weight excluding hydrogens is 264 g/mol. The molecule has 0 aromatic heterocycles. The summed E-state index contributed by atoms with van der Waals surface area (Å²) < 4.78 is 11.4. The zero-order chi connectivity index (χ0) is 14.7. The molecule has 1 heterocycles. The number of morpholine rings is 1. The Morgan fingerprint density at radius 3 is 2.67 bits per heavy atom. The molecule has 3 fully saturated rings. The topological polar surface area (TPSA) is 33.7 Å². The summed E-state index contributed by atoms with van der Waals surface area (Å²) in [5, 5.41) is 3.92. The number of hydrogen-bond acceptors (Lipinski definition) is 4. The third kappa shape index (κ3) is 3.29. The number of ether oxygens (including phenoxy) is 2. The number of nitrogens with one attached hydrogen (secondary N) is 1. The highest BCUT2D eigenvalue weighted by molar-refractivity contribution is 5.10. The van der Waals surface area contributed by atoms with Crippen molar-refractivity contribution in [2.75, 3.05) is 39.5 Å². The first-order chi connectivity index (χ1) is 10.2. The quantitative estimate of drug-likeness (QED) is 0.813. The van der Waals surface area contributed by atoms with Crippen LogP contribution in [0.2, 0.25) is 0 Å². The van der Waals surface area contributed by atoms with Crippen molar-refractivity contribution in [2.24, 2.45) is 5.41 Å². The van der Waals surface area contributed by atoms with Crippen LogP contribution in [0.1, 0.15) is 46.0 Å². The van der Waals surface area contributed by atoms with Gasteiger partial charge in [0.25, 0.3) is 0 Å². The molecule has 1 saturated heterocycles. The molecule has 3 rings (SSSR count). The fourth-order valence-corrected chi connectivity index (χ4v) is 4.69. The minimum Gasteiger partial charge on any atom is -0.379 e. The van der Waals surface area contributed by atoms with E-state index < -0.39 is 0 Å². The molecular formula is C17H32N2O2. The lowest BCUT2D eigenvalue weighted by Gasteiger charge is -2.55. The second kappa shape index (κ2) is 6.95. The molecule has 2 saturated carbocycles. The lowest BCUT2D eigenvalue weighted by Crippen LogP contribution is -2.65. The number of hydrogen-bond donors (Lipinski definition) is 1. The van der Waals surface area contributed by atoms with Gasteiger partial charge in [0.05, 0.1) is 19.3 Å². The van der Waals surface area contributed by atoms with Crippen LogP contribution in [0.25, 0.3) is 0 Å². The molecule has 4 heteroatoms. The molecule has 0 aromatic carbocycles. The summed E-state index contributed by atoms with van der Waals surface area (Å²) in [5.74, 6) is 0. The van der Waals surface area contributed by atoms with E-state index in [9.17, 15) is 0 Å². The molecule has 1 aliphatic heterocycles. The minimum absolute atomic E-state index is 0.454. The molecule has 2 aliphatic carbocycles. The van der Waals surface area contributed by atoms with E-state index in [4.69, 9.17) is 9.47 Å². The van der Waals surface area contributed by atoms with Crippen LogP contribution in [0.4, 0.5) is 0 Å². The zero-order valence-electron chi connectivity index (χ0n) is 13.8. The van der Waals surface area contributed by atoms with Gasteiger partial charge < -0.3 is 14.8 Å². The van der Waals surface area contributed by atoms with Gasteiger partial charge in [0, 0.05) is 43.7 Å². The van der Waals surface area contributed by atoms with Crippen molar-refractivity contribution in [2.45, 2.75) is 64.1 Å². The van der Waals surface area contributed by atoms with Crippen molar-refractivity contribution in [1.29, 1.82) is 0 Å². The van der Waals surface area contributed by atoms with Crippen LogP contribution in [0.3, 0.4) is 0 Å². The van der Waals surface area contributed by atoms with E-state index in [2.05, 4.69) is 24.1 Å². The highest BCUT2D eigenvalue weighted by atomic mass is 16.5. The predicted octanol–water partition coefficient (Wildman–Crippen LogP) is 2.03.